The molecule has 1 fully saturated rings. The molecule has 9 nitrogen and oxygen atoms in total. The van der Waals surface area contributed by atoms with Crippen molar-refractivity contribution in [2.45, 2.75) is 43.8 Å². The number of nitrogens with zero attached hydrogens (tertiary/aromatic N) is 3. The monoisotopic (exact) mass is 495 g/mol. The number of carbonyl (C=O) groups is 1. The first-order chi connectivity index (χ1) is 17.3. The molecular formula is C26H30FN5O4. The first-order valence-corrected chi connectivity index (χ1v) is 11.8. The number of nitrogens with one attached hydrogen (secondary N) is 1. The van der Waals surface area contributed by atoms with Gasteiger partial charge < -0.3 is 26.0 Å². The Kier molecular flexibility index (Phi) is 7.46. The minimum absolute atomic E-state index is 0.0110. The first-order valence-electron chi connectivity index (χ1n) is 11.8. The van der Waals surface area contributed by atoms with Gasteiger partial charge in [-0.15, -0.1) is 0 Å². The zero-order chi connectivity index (χ0) is 25.9. The molecule has 190 valence electrons. The van der Waals surface area contributed by atoms with E-state index in [0.717, 1.165) is 5.56 Å². The van der Waals surface area contributed by atoms with Crippen LogP contribution in [0.25, 0.3) is 11.4 Å². The third-order valence-electron chi connectivity index (χ3n) is 6.99. The summed E-state index contributed by atoms with van der Waals surface area (Å²) in [6.07, 6.45) is 4.59. The predicted octanol–water partition coefficient (Wildman–Crippen LogP) is 3.35. The van der Waals surface area contributed by atoms with Gasteiger partial charge in [0.25, 0.3) is 5.91 Å². The van der Waals surface area contributed by atoms with Crippen LogP contribution in [-0.2, 0) is 0 Å². The summed E-state index contributed by atoms with van der Waals surface area (Å²) >= 11 is 0. The molecule has 0 saturated heterocycles. The van der Waals surface area contributed by atoms with Crippen LogP contribution in [0.4, 0.5) is 15.8 Å². The number of halogens is 1. The van der Waals surface area contributed by atoms with Gasteiger partial charge in [0, 0.05) is 12.4 Å². The van der Waals surface area contributed by atoms with Crippen molar-refractivity contribution < 1.29 is 24.1 Å². The van der Waals surface area contributed by atoms with Crippen molar-refractivity contribution in [1.82, 2.24) is 15.0 Å². The van der Waals surface area contributed by atoms with E-state index in [1.54, 1.807) is 42.7 Å². The number of aliphatic hydroxyl groups excluding tert-OH is 1. The molecule has 4 atom stereocenters. The molecule has 1 aliphatic carbocycles. The Balaban J connectivity index is 1.62. The summed E-state index contributed by atoms with van der Waals surface area (Å²) in [5.41, 5.74) is 6.57. The number of rotatable bonds is 7. The van der Waals surface area contributed by atoms with Gasteiger partial charge in [0.15, 0.2) is 5.69 Å². The highest BCUT2D eigenvalue weighted by molar-refractivity contribution is 6.06. The van der Waals surface area contributed by atoms with E-state index in [2.05, 4.69) is 20.3 Å². The largest absolute Gasteiger partial charge is 0.494 e. The minimum atomic E-state index is -1.77. The van der Waals surface area contributed by atoms with E-state index in [1.807, 2.05) is 6.92 Å². The minimum Gasteiger partial charge on any atom is -0.494 e. The number of nitrogen functional groups attached to an aromatic ring is 1. The van der Waals surface area contributed by atoms with Gasteiger partial charge in [0.2, 0.25) is 0 Å². The van der Waals surface area contributed by atoms with E-state index in [4.69, 9.17) is 10.5 Å². The third-order valence-corrected chi connectivity index (χ3v) is 6.99. The number of hydrogen-bond acceptors (Lipinski definition) is 8. The number of aliphatic hydroxyl groups is 2. The highest BCUT2D eigenvalue weighted by Crippen LogP contribution is 2.45. The van der Waals surface area contributed by atoms with E-state index < -0.39 is 30.2 Å². The van der Waals surface area contributed by atoms with E-state index in [1.165, 1.54) is 13.3 Å². The Labute approximate surface area is 208 Å². The molecule has 0 aliphatic heterocycles. The van der Waals surface area contributed by atoms with Gasteiger partial charge in [0.1, 0.15) is 23.7 Å². The number of pyridine rings is 3. The van der Waals surface area contributed by atoms with Crippen molar-refractivity contribution in [3.05, 3.63) is 60.2 Å². The highest BCUT2D eigenvalue weighted by atomic mass is 19.1. The number of ether oxygens (including phenoxy) is 1. The van der Waals surface area contributed by atoms with Crippen LogP contribution in [-0.4, -0.2) is 56.6 Å². The van der Waals surface area contributed by atoms with Crippen LogP contribution in [0.5, 0.6) is 5.75 Å². The Bertz CT molecular complexity index is 1240. The summed E-state index contributed by atoms with van der Waals surface area (Å²) in [4.78, 5) is 26.2. The maximum atomic E-state index is 13.7. The second-order valence-electron chi connectivity index (χ2n) is 9.02. The molecule has 4 rings (SSSR count). The molecule has 3 aromatic rings. The highest BCUT2D eigenvalue weighted by Gasteiger charge is 2.48. The van der Waals surface area contributed by atoms with Gasteiger partial charge in [-0.25, -0.2) is 9.37 Å². The molecule has 0 bridgehead atoms. The van der Waals surface area contributed by atoms with Gasteiger partial charge in [-0.3, -0.25) is 14.8 Å². The average Bonchev–Trinajstić information content (AvgIpc) is 2.90. The summed E-state index contributed by atoms with van der Waals surface area (Å²) in [5, 5.41) is 24.1. The second-order valence-corrected chi connectivity index (χ2v) is 9.02. The molecule has 10 heteroatoms. The maximum absolute atomic E-state index is 13.7. The van der Waals surface area contributed by atoms with Crippen molar-refractivity contribution >= 4 is 17.3 Å². The number of amides is 1. The summed E-state index contributed by atoms with van der Waals surface area (Å²) in [5.74, 6) is -0.688. The lowest BCUT2D eigenvalue weighted by Gasteiger charge is -2.45. The Hall–Kier alpha value is -3.63. The van der Waals surface area contributed by atoms with Crippen molar-refractivity contribution in [3.8, 4) is 17.1 Å². The summed E-state index contributed by atoms with van der Waals surface area (Å²) in [7, 11) is 1.52. The van der Waals surface area contributed by atoms with Crippen molar-refractivity contribution in [2.75, 3.05) is 24.8 Å². The van der Waals surface area contributed by atoms with Crippen molar-refractivity contribution in [3.63, 3.8) is 0 Å². The van der Waals surface area contributed by atoms with Crippen LogP contribution < -0.4 is 15.8 Å². The number of alkyl halides is 1. The summed E-state index contributed by atoms with van der Waals surface area (Å²) < 4.78 is 19.0. The molecule has 1 saturated carbocycles. The molecule has 0 spiro atoms. The van der Waals surface area contributed by atoms with Crippen LogP contribution in [0.15, 0.2) is 48.9 Å². The van der Waals surface area contributed by atoms with Crippen LogP contribution in [0, 0.1) is 5.92 Å². The molecule has 0 aromatic carbocycles. The summed E-state index contributed by atoms with van der Waals surface area (Å²) in [6, 6.07) is 8.47. The van der Waals surface area contributed by atoms with E-state index in [0.29, 0.717) is 35.7 Å². The molecule has 5 N–H and O–H groups in total. The molecule has 1 amide bonds. The fourth-order valence-electron chi connectivity index (χ4n) is 4.94. The molecule has 0 unspecified atom stereocenters. The lowest BCUT2D eigenvalue weighted by Crippen LogP contribution is -2.54. The Morgan fingerprint density at radius 1 is 1.28 bits per heavy atom. The third kappa shape index (κ3) is 4.74. The van der Waals surface area contributed by atoms with Gasteiger partial charge in [-0.2, -0.15) is 0 Å². The topological polar surface area (TPSA) is 143 Å². The molecule has 0 radical (unpaired) electrons. The van der Waals surface area contributed by atoms with E-state index in [-0.39, 0.29) is 23.7 Å². The molecule has 3 aromatic heterocycles. The average molecular weight is 496 g/mol. The standard InChI is InChI=1S/C26H30FN5O4/c1-3-16-11-15(12-22(33)26(16,35)14-27)17-8-10-29-13-20(17)32-25(34)23-18(28)6-7-19(31-23)24-21(36-2)5-4-9-30-24/h4-10,13,15-16,22,33,35H,3,11-12,14,28H2,1-2H3,(H,32,34)/t15-,16+,22-,26-/m0/s1. The normalized spacial score (nSPS) is 23.8. The van der Waals surface area contributed by atoms with Crippen LogP contribution in [0.3, 0.4) is 0 Å². The first kappa shape index (κ1) is 25.5. The van der Waals surface area contributed by atoms with E-state index in [9.17, 15) is 19.4 Å². The zero-order valence-electron chi connectivity index (χ0n) is 20.2. The molecule has 36 heavy (non-hydrogen) atoms. The fourth-order valence-corrected chi connectivity index (χ4v) is 4.94. The fraction of sp³-hybridized carbons (Fsp3) is 0.385. The SMILES string of the molecule is CC[C@@H]1C[C@H](c2ccncc2NC(=O)c2nc(-c3ncccc3OC)ccc2N)C[C@H](O)[C@]1(O)CF. The van der Waals surface area contributed by atoms with Gasteiger partial charge in [-0.1, -0.05) is 13.3 Å². The number of aromatic nitrogens is 3. The maximum Gasteiger partial charge on any atom is 0.276 e. The Morgan fingerprint density at radius 3 is 2.81 bits per heavy atom. The predicted molar refractivity (Wildman–Crippen MR) is 133 cm³/mol. The number of nitrogens with two attached hydrogens (primary N) is 1. The number of carbonyl (C=O) groups excluding carboxylic acids is 1. The lowest BCUT2D eigenvalue weighted by molar-refractivity contribution is -0.151. The molecule has 1 aliphatic rings. The van der Waals surface area contributed by atoms with Gasteiger partial charge in [0.05, 0.1) is 36.5 Å². The van der Waals surface area contributed by atoms with Crippen LogP contribution in [0.1, 0.15) is 48.2 Å². The van der Waals surface area contributed by atoms with E-state index >= 15 is 0 Å². The number of methoxy groups -OCH3 is 1. The van der Waals surface area contributed by atoms with Crippen LogP contribution >= 0.6 is 0 Å². The second kappa shape index (κ2) is 10.5. The Morgan fingerprint density at radius 2 is 2.08 bits per heavy atom. The van der Waals surface area contributed by atoms with Crippen molar-refractivity contribution in [2.24, 2.45) is 5.92 Å². The quantitative estimate of drug-likeness (QED) is 0.391. The van der Waals surface area contributed by atoms with Gasteiger partial charge in [-0.05, 0) is 60.6 Å². The summed E-state index contributed by atoms with van der Waals surface area (Å²) in [6.45, 7) is 0.843. The zero-order valence-corrected chi connectivity index (χ0v) is 20.2. The number of hydrogen-bond donors (Lipinski definition) is 4. The number of anilines is 2. The van der Waals surface area contributed by atoms with Gasteiger partial charge >= 0.3 is 0 Å². The smallest absolute Gasteiger partial charge is 0.276 e. The van der Waals surface area contributed by atoms with Crippen molar-refractivity contribution in [1.29, 1.82) is 0 Å². The molecular weight excluding hydrogens is 465 g/mol. The molecule has 3 heterocycles. The van der Waals surface area contributed by atoms with Crippen LogP contribution in [0.2, 0.25) is 0 Å². The lowest BCUT2D eigenvalue weighted by atomic mass is 9.67.